The average molecular weight is 272 g/mol. The summed E-state index contributed by atoms with van der Waals surface area (Å²) in [5.41, 5.74) is -1.33. The fourth-order valence-corrected chi connectivity index (χ4v) is 1.66. The maximum absolute atomic E-state index is 11.8. The summed E-state index contributed by atoms with van der Waals surface area (Å²) in [5.74, 6) is -0.640. The Morgan fingerprint density at radius 2 is 2.05 bits per heavy atom. The zero-order chi connectivity index (χ0) is 14.7. The second kappa shape index (κ2) is 5.77. The Kier molecular flexibility index (Phi) is 4.79. The van der Waals surface area contributed by atoms with E-state index in [0.717, 1.165) is 0 Å². The number of urea groups is 1. The van der Waals surface area contributed by atoms with Crippen molar-refractivity contribution < 1.29 is 19.4 Å². The molecule has 0 spiro atoms. The molecule has 0 aromatic carbocycles. The van der Waals surface area contributed by atoms with E-state index in [0.29, 0.717) is 25.5 Å². The highest BCUT2D eigenvalue weighted by Crippen LogP contribution is 2.24. The van der Waals surface area contributed by atoms with E-state index in [1.165, 1.54) is 0 Å². The van der Waals surface area contributed by atoms with Crippen molar-refractivity contribution in [1.29, 1.82) is 0 Å². The average Bonchev–Trinajstić information content (AvgIpc) is 2.76. The van der Waals surface area contributed by atoms with Crippen molar-refractivity contribution in [2.45, 2.75) is 39.7 Å². The van der Waals surface area contributed by atoms with E-state index in [1.807, 2.05) is 0 Å². The second-order valence-corrected chi connectivity index (χ2v) is 6.14. The normalized spacial score (nSPS) is 23.4. The van der Waals surface area contributed by atoms with Crippen LogP contribution in [0, 0.1) is 11.3 Å². The van der Waals surface area contributed by atoms with Crippen LogP contribution < -0.4 is 10.6 Å². The summed E-state index contributed by atoms with van der Waals surface area (Å²) < 4.78 is 5.08. The molecule has 0 radical (unpaired) electrons. The molecule has 0 aromatic rings. The molecule has 1 fully saturated rings. The highest BCUT2D eigenvalue weighted by molar-refractivity contribution is 5.86. The van der Waals surface area contributed by atoms with Gasteiger partial charge in [0.05, 0.1) is 6.61 Å². The van der Waals surface area contributed by atoms with Crippen LogP contribution in [0.3, 0.4) is 0 Å². The topological polar surface area (TPSA) is 87.7 Å². The fourth-order valence-electron chi connectivity index (χ4n) is 1.66. The Balaban J connectivity index is 2.53. The van der Waals surface area contributed by atoms with Crippen molar-refractivity contribution in [2.24, 2.45) is 11.3 Å². The molecule has 1 atom stereocenters. The molecule has 6 heteroatoms. The summed E-state index contributed by atoms with van der Waals surface area (Å²) >= 11 is 0. The van der Waals surface area contributed by atoms with Crippen LogP contribution in [-0.2, 0) is 9.53 Å². The SMILES string of the molecule is CC(C)C(C)(C)CNC(=O)NC1(C(=O)O)CCOC1. The number of hydrogen-bond acceptors (Lipinski definition) is 3. The van der Waals surface area contributed by atoms with Gasteiger partial charge in [0.15, 0.2) is 5.54 Å². The number of carboxylic acids is 1. The maximum Gasteiger partial charge on any atom is 0.332 e. The Morgan fingerprint density at radius 3 is 2.47 bits per heavy atom. The number of nitrogens with one attached hydrogen (secondary N) is 2. The highest BCUT2D eigenvalue weighted by atomic mass is 16.5. The van der Waals surface area contributed by atoms with Crippen LogP contribution in [0.25, 0.3) is 0 Å². The van der Waals surface area contributed by atoms with E-state index in [2.05, 4.69) is 38.3 Å². The first kappa shape index (κ1) is 15.8. The molecule has 1 unspecified atom stereocenters. The molecule has 1 saturated heterocycles. The van der Waals surface area contributed by atoms with E-state index in [-0.39, 0.29) is 12.0 Å². The maximum atomic E-state index is 11.8. The van der Waals surface area contributed by atoms with Gasteiger partial charge in [-0.2, -0.15) is 0 Å². The largest absolute Gasteiger partial charge is 0.479 e. The van der Waals surface area contributed by atoms with Crippen LogP contribution in [0.4, 0.5) is 4.79 Å². The first-order valence-corrected chi connectivity index (χ1v) is 6.57. The van der Waals surface area contributed by atoms with Crippen molar-refractivity contribution in [3.8, 4) is 0 Å². The van der Waals surface area contributed by atoms with Gasteiger partial charge in [-0.25, -0.2) is 9.59 Å². The second-order valence-electron chi connectivity index (χ2n) is 6.14. The standard InChI is InChI=1S/C13H24N2O4/c1-9(2)12(3,4)7-14-11(18)15-13(10(16)17)5-6-19-8-13/h9H,5-8H2,1-4H3,(H,16,17)(H2,14,15,18). The molecule has 2 amide bonds. The molecule has 1 rings (SSSR count). The molecule has 1 heterocycles. The summed E-state index contributed by atoms with van der Waals surface area (Å²) in [6, 6.07) is -0.457. The van der Waals surface area contributed by atoms with Crippen molar-refractivity contribution in [3.63, 3.8) is 0 Å². The van der Waals surface area contributed by atoms with Crippen LogP contribution in [0.2, 0.25) is 0 Å². The lowest BCUT2D eigenvalue weighted by atomic mass is 9.81. The highest BCUT2D eigenvalue weighted by Gasteiger charge is 2.44. The quantitative estimate of drug-likeness (QED) is 0.702. The minimum Gasteiger partial charge on any atom is -0.479 e. The molecular weight excluding hydrogens is 248 g/mol. The van der Waals surface area contributed by atoms with Gasteiger partial charge < -0.3 is 20.5 Å². The molecule has 3 N–H and O–H groups in total. The van der Waals surface area contributed by atoms with Crippen LogP contribution in [-0.4, -0.2) is 42.4 Å². The van der Waals surface area contributed by atoms with Crippen LogP contribution in [0.5, 0.6) is 0 Å². The minimum absolute atomic E-state index is 0.0172. The van der Waals surface area contributed by atoms with Gasteiger partial charge in [-0.05, 0) is 11.3 Å². The third-order valence-electron chi connectivity index (χ3n) is 4.05. The van der Waals surface area contributed by atoms with Crippen LogP contribution in [0.1, 0.15) is 34.1 Å². The number of hydrogen-bond donors (Lipinski definition) is 3. The molecule has 6 nitrogen and oxygen atoms in total. The first-order chi connectivity index (χ1) is 8.69. The third kappa shape index (κ3) is 3.83. The summed E-state index contributed by atoms with van der Waals surface area (Å²) in [6.07, 6.45) is 0.295. The van der Waals surface area contributed by atoms with Gasteiger partial charge in [0.1, 0.15) is 0 Å². The van der Waals surface area contributed by atoms with E-state index in [4.69, 9.17) is 4.74 Å². The zero-order valence-corrected chi connectivity index (χ0v) is 12.1. The van der Waals surface area contributed by atoms with E-state index in [9.17, 15) is 14.7 Å². The molecule has 0 saturated carbocycles. The lowest BCUT2D eigenvalue weighted by molar-refractivity contribution is -0.144. The summed E-state index contributed by atoms with van der Waals surface area (Å²) in [6.45, 7) is 9.15. The molecule has 0 bridgehead atoms. The van der Waals surface area contributed by atoms with Gasteiger partial charge in [0.25, 0.3) is 0 Å². The number of carbonyl (C=O) groups excluding carboxylic acids is 1. The summed E-state index contributed by atoms with van der Waals surface area (Å²) in [5, 5.41) is 14.5. The Bertz CT molecular complexity index is 347. The molecular formula is C13H24N2O4. The van der Waals surface area contributed by atoms with Crippen molar-refractivity contribution in [3.05, 3.63) is 0 Å². The minimum atomic E-state index is -1.29. The predicted octanol–water partition coefficient (Wildman–Crippen LogP) is 1.21. The van der Waals surface area contributed by atoms with E-state index >= 15 is 0 Å². The van der Waals surface area contributed by atoms with Crippen molar-refractivity contribution in [2.75, 3.05) is 19.8 Å². The number of rotatable bonds is 5. The summed E-state index contributed by atoms with van der Waals surface area (Å²) in [4.78, 5) is 23.1. The van der Waals surface area contributed by atoms with Crippen molar-refractivity contribution in [1.82, 2.24) is 10.6 Å². The van der Waals surface area contributed by atoms with Gasteiger partial charge in [0, 0.05) is 19.6 Å². The lowest BCUT2D eigenvalue weighted by Crippen LogP contribution is -2.58. The molecule has 19 heavy (non-hydrogen) atoms. The number of carbonyl (C=O) groups is 2. The van der Waals surface area contributed by atoms with Crippen LogP contribution >= 0.6 is 0 Å². The molecule has 0 aliphatic carbocycles. The van der Waals surface area contributed by atoms with Gasteiger partial charge in [-0.1, -0.05) is 27.7 Å². The van der Waals surface area contributed by atoms with Gasteiger partial charge in [-0.15, -0.1) is 0 Å². The first-order valence-electron chi connectivity index (χ1n) is 6.57. The molecule has 110 valence electrons. The number of amides is 2. The monoisotopic (exact) mass is 272 g/mol. The lowest BCUT2D eigenvalue weighted by Gasteiger charge is -2.30. The molecule has 1 aliphatic rings. The fraction of sp³-hybridized carbons (Fsp3) is 0.846. The summed E-state index contributed by atoms with van der Waals surface area (Å²) in [7, 11) is 0. The van der Waals surface area contributed by atoms with Crippen molar-refractivity contribution >= 4 is 12.0 Å². The van der Waals surface area contributed by atoms with Gasteiger partial charge >= 0.3 is 12.0 Å². The molecule has 1 aliphatic heterocycles. The Morgan fingerprint density at radius 1 is 1.42 bits per heavy atom. The molecule has 0 aromatic heterocycles. The van der Waals surface area contributed by atoms with E-state index < -0.39 is 17.5 Å². The number of ether oxygens (including phenoxy) is 1. The van der Waals surface area contributed by atoms with Crippen LogP contribution in [0.15, 0.2) is 0 Å². The number of aliphatic carboxylic acids is 1. The van der Waals surface area contributed by atoms with Gasteiger partial charge in [0.2, 0.25) is 0 Å². The number of carboxylic acid groups (broad SMARTS) is 1. The Hall–Kier alpha value is -1.30. The zero-order valence-electron chi connectivity index (χ0n) is 12.1. The predicted molar refractivity (Wildman–Crippen MR) is 71.0 cm³/mol. The smallest absolute Gasteiger partial charge is 0.332 e. The Labute approximate surface area is 113 Å². The van der Waals surface area contributed by atoms with Gasteiger partial charge in [-0.3, -0.25) is 0 Å². The third-order valence-corrected chi connectivity index (χ3v) is 4.05. The van der Waals surface area contributed by atoms with E-state index in [1.54, 1.807) is 0 Å².